The highest BCUT2D eigenvalue weighted by atomic mass is 16.5. The van der Waals surface area contributed by atoms with Crippen molar-refractivity contribution < 1.29 is 13.9 Å². The zero-order valence-electron chi connectivity index (χ0n) is 19.7. The van der Waals surface area contributed by atoms with E-state index in [1.54, 1.807) is 11.0 Å². The number of fused-ring (bicyclic) bond motifs is 2. The van der Waals surface area contributed by atoms with Crippen molar-refractivity contribution in [2.75, 3.05) is 33.8 Å². The summed E-state index contributed by atoms with van der Waals surface area (Å²) in [5.74, 6) is 0.560. The van der Waals surface area contributed by atoms with Crippen molar-refractivity contribution in [1.29, 1.82) is 0 Å². The summed E-state index contributed by atoms with van der Waals surface area (Å²) in [4.78, 5) is 31.0. The number of ether oxygens (including phenoxy) is 1. The lowest BCUT2D eigenvalue weighted by molar-refractivity contribution is 0.0722. The normalized spacial score (nSPS) is 15.4. The maximum absolute atomic E-state index is 13.7. The van der Waals surface area contributed by atoms with Gasteiger partial charge in [-0.3, -0.25) is 9.59 Å². The summed E-state index contributed by atoms with van der Waals surface area (Å²) in [6, 6.07) is 10.7. The summed E-state index contributed by atoms with van der Waals surface area (Å²) in [5.41, 5.74) is 3.55. The monoisotopic (exact) mass is 446 g/mol. The van der Waals surface area contributed by atoms with Gasteiger partial charge in [0.1, 0.15) is 17.9 Å². The molecule has 1 aliphatic heterocycles. The van der Waals surface area contributed by atoms with Crippen molar-refractivity contribution in [3.8, 4) is 5.75 Å². The lowest BCUT2D eigenvalue weighted by Gasteiger charge is -2.26. The van der Waals surface area contributed by atoms with E-state index in [0.717, 1.165) is 29.7 Å². The summed E-state index contributed by atoms with van der Waals surface area (Å²) in [6.07, 6.45) is 2.46. The first-order chi connectivity index (χ1) is 15.8. The molecule has 1 aliphatic rings. The number of benzene rings is 2. The molecule has 0 saturated carbocycles. The average molecular weight is 447 g/mol. The van der Waals surface area contributed by atoms with Crippen LogP contribution in [0.25, 0.3) is 11.0 Å². The Morgan fingerprint density at radius 2 is 1.91 bits per heavy atom. The van der Waals surface area contributed by atoms with Crippen molar-refractivity contribution in [1.82, 2.24) is 9.80 Å². The molecule has 1 atom stereocenters. The minimum atomic E-state index is -0.524. The first-order valence-electron chi connectivity index (χ1n) is 11.2. The Hall–Kier alpha value is -3.38. The van der Waals surface area contributed by atoms with E-state index in [2.05, 4.69) is 11.5 Å². The Labute approximate surface area is 194 Å². The second-order valence-corrected chi connectivity index (χ2v) is 8.84. The fourth-order valence-corrected chi connectivity index (χ4v) is 4.34. The molecule has 3 aromatic rings. The van der Waals surface area contributed by atoms with Crippen LogP contribution in [0.4, 0.5) is 0 Å². The second kappa shape index (κ2) is 9.24. The summed E-state index contributed by atoms with van der Waals surface area (Å²) >= 11 is 0. The molecule has 0 spiro atoms. The Balaban J connectivity index is 1.87. The van der Waals surface area contributed by atoms with Crippen LogP contribution in [0.2, 0.25) is 0 Å². The molecule has 2 aromatic carbocycles. The maximum Gasteiger partial charge on any atom is 0.290 e. The molecule has 1 unspecified atom stereocenters. The molecule has 0 radical (unpaired) electrons. The molecular weight excluding hydrogens is 416 g/mol. The first kappa shape index (κ1) is 22.8. The third-order valence-electron chi connectivity index (χ3n) is 6.13. The number of hydrogen-bond donors (Lipinski definition) is 0. The van der Waals surface area contributed by atoms with Gasteiger partial charge < -0.3 is 19.0 Å². The summed E-state index contributed by atoms with van der Waals surface area (Å²) in [5, 5.41) is 0.504. The fourth-order valence-electron chi connectivity index (χ4n) is 4.34. The van der Waals surface area contributed by atoms with Crippen LogP contribution in [0.5, 0.6) is 5.75 Å². The first-order valence-corrected chi connectivity index (χ1v) is 11.2. The van der Waals surface area contributed by atoms with Crippen LogP contribution < -0.4 is 10.2 Å². The van der Waals surface area contributed by atoms with E-state index in [-0.39, 0.29) is 17.1 Å². The standard InChI is InChI=1S/C27H30N2O4/c1-6-13-32-20-10-7-9-19(16-20)24-23-25(30)21-14-17(2)18(3)15-22(21)33-26(23)27(31)29(24)12-8-11-28(4)5/h6-7,9-10,14-16,24H,1,8,11-13H2,2-5H3. The van der Waals surface area contributed by atoms with Crippen molar-refractivity contribution >= 4 is 16.9 Å². The van der Waals surface area contributed by atoms with Crippen LogP contribution in [0.3, 0.4) is 0 Å². The van der Waals surface area contributed by atoms with E-state index in [0.29, 0.717) is 35.4 Å². The molecule has 0 aliphatic carbocycles. The van der Waals surface area contributed by atoms with Gasteiger partial charge in [-0.05, 0) is 81.9 Å². The van der Waals surface area contributed by atoms with Crippen molar-refractivity contribution in [3.05, 3.63) is 87.3 Å². The van der Waals surface area contributed by atoms with E-state index < -0.39 is 6.04 Å². The summed E-state index contributed by atoms with van der Waals surface area (Å²) < 4.78 is 11.8. The number of carbonyl (C=O) groups excluding carboxylic acids is 1. The van der Waals surface area contributed by atoms with Crippen molar-refractivity contribution in [2.24, 2.45) is 0 Å². The fraction of sp³-hybridized carbons (Fsp3) is 0.333. The molecule has 0 saturated heterocycles. The molecule has 0 bridgehead atoms. The molecule has 4 rings (SSSR count). The van der Waals surface area contributed by atoms with E-state index >= 15 is 0 Å². The quantitative estimate of drug-likeness (QED) is 0.478. The molecule has 2 heterocycles. The highest BCUT2D eigenvalue weighted by Crippen LogP contribution is 2.39. The number of amides is 1. The van der Waals surface area contributed by atoms with E-state index in [9.17, 15) is 9.59 Å². The largest absolute Gasteiger partial charge is 0.490 e. The van der Waals surface area contributed by atoms with E-state index in [1.807, 2.05) is 64.3 Å². The Kier molecular flexibility index (Phi) is 6.38. The molecule has 6 nitrogen and oxygen atoms in total. The van der Waals surface area contributed by atoms with Gasteiger partial charge in [-0.1, -0.05) is 24.8 Å². The number of nitrogens with zero attached hydrogens (tertiary/aromatic N) is 2. The molecule has 172 valence electrons. The van der Waals surface area contributed by atoms with Gasteiger partial charge in [0.2, 0.25) is 5.76 Å². The highest BCUT2D eigenvalue weighted by Gasteiger charge is 2.42. The van der Waals surface area contributed by atoms with Crippen molar-refractivity contribution in [3.63, 3.8) is 0 Å². The van der Waals surface area contributed by atoms with Crippen molar-refractivity contribution in [2.45, 2.75) is 26.3 Å². The predicted octanol–water partition coefficient (Wildman–Crippen LogP) is 4.47. The molecule has 1 amide bonds. The summed E-state index contributed by atoms with van der Waals surface area (Å²) in [7, 11) is 4.00. The topological polar surface area (TPSA) is 63.0 Å². The van der Waals surface area contributed by atoms with Crippen LogP contribution in [-0.2, 0) is 0 Å². The summed E-state index contributed by atoms with van der Waals surface area (Å²) in [6.45, 7) is 9.35. The maximum atomic E-state index is 13.7. The number of hydrogen-bond acceptors (Lipinski definition) is 5. The third-order valence-corrected chi connectivity index (χ3v) is 6.13. The van der Waals surface area contributed by atoms with Crippen LogP contribution >= 0.6 is 0 Å². The molecular formula is C27H30N2O4. The van der Waals surface area contributed by atoms with Crippen LogP contribution in [-0.4, -0.2) is 49.5 Å². The van der Waals surface area contributed by atoms with Crippen LogP contribution in [0.1, 0.15) is 45.3 Å². The Morgan fingerprint density at radius 3 is 2.64 bits per heavy atom. The average Bonchev–Trinajstić information content (AvgIpc) is 3.06. The number of aryl methyl sites for hydroxylation is 2. The third kappa shape index (κ3) is 4.31. The molecule has 0 fully saturated rings. The lowest BCUT2D eigenvalue weighted by atomic mass is 9.97. The second-order valence-electron chi connectivity index (χ2n) is 8.84. The van der Waals surface area contributed by atoms with Crippen LogP contribution in [0.15, 0.2) is 58.3 Å². The minimum Gasteiger partial charge on any atom is -0.490 e. The number of rotatable bonds is 8. The van der Waals surface area contributed by atoms with Gasteiger partial charge in [0.25, 0.3) is 5.91 Å². The van der Waals surface area contributed by atoms with Gasteiger partial charge >= 0.3 is 0 Å². The smallest absolute Gasteiger partial charge is 0.290 e. The SMILES string of the molecule is C=CCOc1cccc(C2c3c(oc4cc(C)c(C)cc4c3=O)C(=O)N2CCCN(C)C)c1. The Morgan fingerprint density at radius 1 is 1.15 bits per heavy atom. The van der Waals surface area contributed by atoms with Gasteiger partial charge in [-0.15, -0.1) is 0 Å². The zero-order valence-corrected chi connectivity index (χ0v) is 19.7. The van der Waals surface area contributed by atoms with Gasteiger partial charge in [0.15, 0.2) is 5.43 Å². The highest BCUT2D eigenvalue weighted by molar-refractivity contribution is 5.99. The minimum absolute atomic E-state index is 0.142. The Bertz CT molecular complexity index is 1280. The van der Waals surface area contributed by atoms with Gasteiger partial charge in [0.05, 0.1) is 17.0 Å². The lowest BCUT2D eigenvalue weighted by Crippen LogP contribution is -2.32. The zero-order chi connectivity index (χ0) is 23.7. The molecule has 6 heteroatoms. The van der Waals surface area contributed by atoms with E-state index in [1.165, 1.54) is 0 Å². The van der Waals surface area contributed by atoms with Gasteiger partial charge in [0, 0.05) is 6.54 Å². The van der Waals surface area contributed by atoms with Gasteiger partial charge in [-0.2, -0.15) is 0 Å². The van der Waals surface area contributed by atoms with E-state index in [4.69, 9.17) is 9.15 Å². The number of carbonyl (C=O) groups is 1. The van der Waals surface area contributed by atoms with Gasteiger partial charge in [-0.25, -0.2) is 0 Å². The van der Waals surface area contributed by atoms with Crippen LogP contribution in [0, 0.1) is 13.8 Å². The predicted molar refractivity (Wildman–Crippen MR) is 130 cm³/mol. The molecule has 33 heavy (non-hydrogen) atoms. The molecule has 0 N–H and O–H groups in total. The molecule has 1 aromatic heterocycles.